The number of anilines is 1. The first kappa shape index (κ1) is 17.5. The fourth-order valence-corrected chi connectivity index (χ4v) is 3.55. The van der Waals surface area contributed by atoms with Gasteiger partial charge in [-0.25, -0.2) is 13.1 Å². The molecule has 0 atom stereocenters. The number of nitrogens with one attached hydrogen (secondary N) is 2. The third-order valence-corrected chi connectivity index (χ3v) is 5.35. The summed E-state index contributed by atoms with van der Waals surface area (Å²) >= 11 is 1.54. The second kappa shape index (κ2) is 8.14. The van der Waals surface area contributed by atoms with Crippen LogP contribution < -0.4 is 10.0 Å². The van der Waals surface area contributed by atoms with Gasteiger partial charge in [0.15, 0.2) is 0 Å². The minimum absolute atomic E-state index is 0.0461. The molecule has 0 unspecified atom stereocenters. The molecule has 23 heavy (non-hydrogen) atoms. The molecule has 2 N–H and O–H groups in total. The summed E-state index contributed by atoms with van der Waals surface area (Å²) in [5.74, 6) is -0.234. The number of rotatable bonds is 7. The maximum atomic E-state index is 12.0. The molecule has 0 heterocycles. The van der Waals surface area contributed by atoms with Crippen molar-refractivity contribution in [3.05, 3.63) is 54.6 Å². The van der Waals surface area contributed by atoms with Crippen molar-refractivity contribution in [1.82, 2.24) is 4.72 Å². The van der Waals surface area contributed by atoms with E-state index in [0.29, 0.717) is 0 Å². The predicted molar refractivity (Wildman–Crippen MR) is 93.1 cm³/mol. The van der Waals surface area contributed by atoms with E-state index in [2.05, 4.69) is 10.0 Å². The first-order chi connectivity index (χ1) is 11.0. The van der Waals surface area contributed by atoms with Crippen molar-refractivity contribution in [2.75, 3.05) is 18.1 Å². The van der Waals surface area contributed by atoms with Gasteiger partial charge >= 0.3 is 0 Å². The zero-order valence-electron chi connectivity index (χ0n) is 12.7. The van der Waals surface area contributed by atoms with E-state index in [0.717, 1.165) is 10.6 Å². The summed E-state index contributed by atoms with van der Waals surface area (Å²) in [7, 11) is -3.58. The molecule has 5 nitrogen and oxygen atoms in total. The number of benzene rings is 2. The highest BCUT2D eigenvalue weighted by molar-refractivity contribution is 7.98. The van der Waals surface area contributed by atoms with Gasteiger partial charge in [0.2, 0.25) is 15.9 Å². The van der Waals surface area contributed by atoms with Crippen LogP contribution in [-0.2, 0) is 14.8 Å². The SMILES string of the molecule is CSc1ccccc1NC(=O)CCNS(=O)(=O)c1ccccc1. The number of sulfonamides is 1. The van der Waals surface area contributed by atoms with Gasteiger partial charge < -0.3 is 5.32 Å². The summed E-state index contributed by atoms with van der Waals surface area (Å²) < 4.78 is 26.5. The Morgan fingerprint density at radius 3 is 2.39 bits per heavy atom. The Hall–Kier alpha value is -1.83. The summed E-state index contributed by atoms with van der Waals surface area (Å²) in [6.07, 6.45) is 1.99. The van der Waals surface area contributed by atoms with Crippen molar-refractivity contribution in [3.8, 4) is 0 Å². The average Bonchev–Trinajstić information content (AvgIpc) is 2.56. The molecular weight excluding hydrogens is 332 g/mol. The Morgan fingerprint density at radius 1 is 1.04 bits per heavy atom. The fraction of sp³-hybridized carbons (Fsp3) is 0.188. The highest BCUT2D eigenvalue weighted by Crippen LogP contribution is 2.24. The quantitative estimate of drug-likeness (QED) is 0.753. The van der Waals surface area contributed by atoms with Crippen LogP contribution in [0.3, 0.4) is 0 Å². The molecule has 2 aromatic rings. The number of hydrogen-bond donors (Lipinski definition) is 2. The second-order valence-electron chi connectivity index (χ2n) is 4.71. The van der Waals surface area contributed by atoms with E-state index in [9.17, 15) is 13.2 Å². The molecule has 1 amide bonds. The van der Waals surface area contributed by atoms with Gasteiger partial charge in [-0.1, -0.05) is 30.3 Å². The molecule has 7 heteroatoms. The smallest absolute Gasteiger partial charge is 0.240 e. The molecule has 0 saturated carbocycles. The van der Waals surface area contributed by atoms with Crippen molar-refractivity contribution in [2.45, 2.75) is 16.2 Å². The molecule has 0 fully saturated rings. The third kappa shape index (κ3) is 5.09. The van der Waals surface area contributed by atoms with Crippen LogP contribution in [0.4, 0.5) is 5.69 Å². The van der Waals surface area contributed by atoms with E-state index in [4.69, 9.17) is 0 Å². The predicted octanol–water partition coefficient (Wildman–Crippen LogP) is 2.72. The Kier molecular flexibility index (Phi) is 6.20. The Morgan fingerprint density at radius 2 is 1.70 bits per heavy atom. The Balaban J connectivity index is 1.88. The summed E-state index contributed by atoms with van der Waals surface area (Å²) in [5, 5.41) is 2.79. The van der Waals surface area contributed by atoms with Crippen molar-refractivity contribution in [3.63, 3.8) is 0 Å². The van der Waals surface area contributed by atoms with Gasteiger partial charge in [0.1, 0.15) is 0 Å². The lowest BCUT2D eigenvalue weighted by atomic mass is 10.3. The molecule has 0 aromatic heterocycles. The molecule has 0 saturated heterocycles. The largest absolute Gasteiger partial charge is 0.325 e. The van der Waals surface area contributed by atoms with Crippen molar-refractivity contribution in [1.29, 1.82) is 0 Å². The maximum absolute atomic E-state index is 12.0. The lowest BCUT2D eigenvalue weighted by molar-refractivity contribution is -0.116. The van der Waals surface area contributed by atoms with E-state index < -0.39 is 10.0 Å². The van der Waals surface area contributed by atoms with Gasteiger partial charge in [0, 0.05) is 17.9 Å². The van der Waals surface area contributed by atoms with Crippen LogP contribution in [0.25, 0.3) is 0 Å². The summed E-state index contributed by atoms with van der Waals surface area (Å²) in [6.45, 7) is 0.0461. The number of para-hydroxylation sites is 1. The topological polar surface area (TPSA) is 75.3 Å². The van der Waals surface area contributed by atoms with Crippen LogP contribution >= 0.6 is 11.8 Å². The van der Waals surface area contributed by atoms with E-state index >= 15 is 0 Å². The first-order valence-corrected chi connectivity index (χ1v) is 9.71. The van der Waals surface area contributed by atoms with Crippen LogP contribution in [0.5, 0.6) is 0 Å². The van der Waals surface area contributed by atoms with Gasteiger partial charge in [-0.15, -0.1) is 11.8 Å². The normalized spacial score (nSPS) is 11.2. The molecule has 0 spiro atoms. The monoisotopic (exact) mass is 350 g/mol. The van der Waals surface area contributed by atoms with E-state index in [1.54, 1.807) is 18.2 Å². The Labute approximate surface area is 140 Å². The lowest BCUT2D eigenvalue weighted by Gasteiger charge is -2.10. The summed E-state index contributed by atoms with van der Waals surface area (Å²) in [5.41, 5.74) is 0.732. The number of thioether (sulfide) groups is 1. The minimum atomic E-state index is -3.58. The molecule has 2 rings (SSSR count). The molecule has 0 radical (unpaired) electrons. The number of carbonyl (C=O) groups excluding carboxylic acids is 1. The zero-order chi connectivity index (χ0) is 16.7. The highest BCUT2D eigenvalue weighted by atomic mass is 32.2. The van der Waals surface area contributed by atoms with Crippen molar-refractivity contribution in [2.24, 2.45) is 0 Å². The highest BCUT2D eigenvalue weighted by Gasteiger charge is 2.13. The minimum Gasteiger partial charge on any atom is -0.325 e. The van der Waals surface area contributed by atoms with Crippen molar-refractivity contribution >= 4 is 33.4 Å². The lowest BCUT2D eigenvalue weighted by Crippen LogP contribution is -2.27. The summed E-state index contributed by atoms with van der Waals surface area (Å²) in [4.78, 5) is 13.1. The second-order valence-corrected chi connectivity index (χ2v) is 7.32. The molecule has 122 valence electrons. The van der Waals surface area contributed by atoms with E-state index in [1.807, 2.05) is 30.5 Å². The van der Waals surface area contributed by atoms with Gasteiger partial charge in [-0.2, -0.15) is 0 Å². The standard InChI is InChI=1S/C16H18N2O3S2/c1-22-15-10-6-5-9-14(15)18-16(19)11-12-17-23(20,21)13-7-3-2-4-8-13/h2-10,17H,11-12H2,1H3,(H,18,19). The van der Waals surface area contributed by atoms with E-state index in [-0.39, 0.29) is 23.8 Å². The van der Waals surface area contributed by atoms with Crippen molar-refractivity contribution < 1.29 is 13.2 Å². The van der Waals surface area contributed by atoms with Gasteiger partial charge in [0.25, 0.3) is 0 Å². The van der Waals surface area contributed by atoms with Crippen LogP contribution in [0.1, 0.15) is 6.42 Å². The third-order valence-electron chi connectivity index (χ3n) is 3.08. The number of carbonyl (C=O) groups is 1. The molecule has 0 aliphatic carbocycles. The zero-order valence-corrected chi connectivity index (χ0v) is 14.3. The molecule has 0 aliphatic rings. The fourth-order valence-electron chi connectivity index (χ4n) is 1.94. The number of amides is 1. The maximum Gasteiger partial charge on any atom is 0.240 e. The van der Waals surface area contributed by atoms with E-state index in [1.165, 1.54) is 23.9 Å². The summed E-state index contributed by atoms with van der Waals surface area (Å²) in [6, 6.07) is 15.5. The van der Waals surface area contributed by atoms with Gasteiger partial charge in [-0.05, 0) is 30.5 Å². The molecule has 0 bridgehead atoms. The first-order valence-electron chi connectivity index (χ1n) is 7.00. The van der Waals surface area contributed by atoms with Crippen LogP contribution in [0.15, 0.2) is 64.4 Å². The average molecular weight is 350 g/mol. The van der Waals surface area contributed by atoms with Gasteiger partial charge in [0.05, 0.1) is 10.6 Å². The number of hydrogen-bond acceptors (Lipinski definition) is 4. The molecular formula is C16H18N2O3S2. The van der Waals surface area contributed by atoms with Crippen LogP contribution in [0, 0.1) is 0 Å². The molecule has 2 aromatic carbocycles. The Bertz CT molecular complexity index is 762. The van der Waals surface area contributed by atoms with Gasteiger partial charge in [-0.3, -0.25) is 4.79 Å². The van der Waals surface area contributed by atoms with Crippen LogP contribution in [-0.4, -0.2) is 27.1 Å². The van der Waals surface area contributed by atoms with Crippen LogP contribution in [0.2, 0.25) is 0 Å². The molecule has 0 aliphatic heterocycles.